The highest BCUT2D eigenvalue weighted by atomic mass is 16.6. The number of methoxy groups -OCH3 is 1. The first-order valence-corrected chi connectivity index (χ1v) is 8.41. The van der Waals surface area contributed by atoms with Gasteiger partial charge in [0.25, 0.3) is 0 Å². The summed E-state index contributed by atoms with van der Waals surface area (Å²) < 4.78 is 16.6. The van der Waals surface area contributed by atoms with Gasteiger partial charge in [0.05, 0.1) is 19.8 Å². The van der Waals surface area contributed by atoms with Crippen LogP contribution in [0.15, 0.2) is 24.3 Å². The molecular formula is C19H29NO4. The molecule has 0 spiro atoms. The summed E-state index contributed by atoms with van der Waals surface area (Å²) >= 11 is 0. The zero-order valence-electron chi connectivity index (χ0n) is 15.6. The lowest BCUT2D eigenvalue weighted by atomic mass is 10.0. The molecule has 1 aromatic carbocycles. The highest BCUT2D eigenvalue weighted by molar-refractivity contribution is 5.69. The number of hydrogen-bond donors (Lipinski definition) is 0. The van der Waals surface area contributed by atoms with Crippen LogP contribution in [0.5, 0.6) is 5.75 Å². The first-order chi connectivity index (χ1) is 11.1. The average molecular weight is 335 g/mol. The Morgan fingerprint density at radius 1 is 1.29 bits per heavy atom. The van der Waals surface area contributed by atoms with Crippen LogP contribution in [-0.4, -0.2) is 42.1 Å². The van der Waals surface area contributed by atoms with Gasteiger partial charge in [-0.05, 0) is 65.2 Å². The van der Waals surface area contributed by atoms with Gasteiger partial charge in [-0.3, -0.25) is 4.90 Å². The van der Waals surface area contributed by atoms with Gasteiger partial charge in [-0.15, -0.1) is 0 Å². The van der Waals surface area contributed by atoms with Crippen LogP contribution in [0.4, 0.5) is 4.79 Å². The molecule has 134 valence electrons. The molecule has 1 saturated heterocycles. The van der Waals surface area contributed by atoms with Crippen LogP contribution in [0.2, 0.25) is 0 Å². The fraction of sp³-hybridized carbons (Fsp3) is 0.632. The van der Waals surface area contributed by atoms with Crippen molar-refractivity contribution in [2.24, 2.45) is 0 Å². The molecule has 1 aromatic rings. The molecule has 0 bridgehead atoms. The Morgan fingerprint density at radius 2 is 1.92 bits per heavy atom. The number of hydrogen-bond acceptors (Lipinski definition) is 4. The van der Waals surface area contributed by atoms with Gasteiger partial charge in [0.1, 0.15) is 17.1 Å². The SMILES string of the molecule is COc1ccc(CC[C@@H]2COC(C)(C)N2C(=O)OC(C)(C)C)cc1. The summed E-state index contributed by atoms with van der Waals surface area (Å²) in [5.41, 5.74) is 0.0491. The molecule has 0 N–H and O–H groups in total. The highest BCUT2D eigenvalue weighted by Crippen LogP contribution is 2.31. The van der Waals surface area contributed by atoms with E-state index in [1.165, 1.54) is 5.56 Å². The maximum atomic E-state index is 12.6. The van der Waals surface area contributed by atoms with Crippen molar-refractivity contribution in [1.82, 2.24) is 4.90 Å². The van der Waals surface area contributed by atoms with Crippen LogP contribution < -0.4 is 4.74 Å². The van der Waals surface area contributed by atoms with Crippen molar-refractivity contribution in [2.75, 3.05) is 13.7 Å². The summed E-state index contributed by atoms with van der Waals surface area (Å²) in [6.07, 6.45) is 1.38. The monoisotopic (exact) mass is 335 g/mol. The van der Waals surface area contributed by atoms with Gasteiger partial charge in [0, 0.05) is 0 Å². The highest BCUT2D eigenvalue weighted by Gasteiger charge is 2.45. The molecule has 1 amide bonds. The van der Waals surface area contributed by atoms with Crippen molar-refractivity contribution in [1.29, 1.82) is 0 Å². The molecule has 0 aromatic heterocycles. The van der Waals surface area contributed by atoms with E-state index in [2.05, 4.69) is 12.1 Å². The minimum Gasteiger partial charge on any atom is -0.497 e. The quantitative estimate of drug-likeness (QED) is 0.834. The number of carbonyl (C=O) groups excluding carboxylic acids is 1. The Bertz CT molecular complexity index is 560. The molecular weight excluding hydrogens is 306 g/mol. The molecule has 1 atom stereocenters. The fourth-order valence-electron chi connectivity index (χ4n) is 2.90. The van der Waals surface area contributed by atoms with Crippen molar-refractivity contribution in [3.05, 3.63) is 29.8 Å². The van der Waals surface area contributed by atoms with Crippen LogP contribution in [0.25, 0.3) is 0 Å². The number of ether oxygens (including phenoxy) is 3. The fourth-order valence-corrected chi connectivity index (χ4v) is 2.90. The average Bonchev–Trinajstić information content (AvgIpc) is 2.78. The Balaban J connectivity index is 2.03. The molecule has 24 heavy (non-hydrogen) atoms. The summed E-state index contributed by atoms with van der Waals surface area (Å²) in [5, 5.41) is 0. The molecule has 1 aliphatic rings. The van der Waals surface area contributed by atoms with E-state index in [1.807, 2.05) is 46.8 Å². The standard InChI is InChI=1S/C19H29NO4/c1-18(2,3)24-17(21)20-15(13-23-19(20,4)5)10-7-14-8-11-16(22-6)12-9-14/h8-9,11-12,15H,7,10,13H2,1-6H3/t15-/m1/s1. The Labute approximate surface area is 144 Å². The largest absolute Gasteiger partial charge is 0.497 e. The van der Waals surface area contributed by atoms with Crippen molar-refractivity contribution >= 4 is 6.09 Å². The molecule has 0 radical (unpaired) electrons. The molecule has 2 rings (SSSR count). The predicted molar refractivity (Wildman–Crippen MR) is 93.2 cm³/mol. The van der Waals surface area contributed by atoms with Crippen LogP contribution in [0, 0.1) is 0 Å². The van der Waals surface area contributed by atoms with Crippen LogP contribution in [-0.2, 0) is 15.9 Å². The van der Waals surface area contributed by atoms with Crippen LogP contribution in [0.1, 0.15) is 46.6 Å². The lowest BCUT2D eigenvalue weighted by Gasteiger charge is -2.35. The molecule has 0 unspecified atom stereocenters. The van der Waals surface area contributed by atoms with Gasteiger partial charge in [0.2, 0.25) is 0 Å². The first-order valence-electron chi connectivity index (χ1n) is 8.41. The summed E-state index contributed by atoms with van der Waals surface area (Å²) in [4.78, 5) is 14.3. The summed E-state index contributed by atoms with van der Waals surface area (Å²) in [7, 11) is 1.66. The van der Waals surface area contributed by atoms with E-state index in [0.29, 0.717) is 6.61 Å². The third kappa shape index (κ3) is 4.63. The first kappa shape index (κ1) is 18.6. The van der Waals surface area contributed by atoms with Gasteiger partial charge in [0.15, 0.2) is 0 Å². The Hall–Kier alpha value is -1.75. The minimum atomic E-state index is -0.646. The van der Waals surface area contributed by atoms with E-state index < -0.39 is 11.3 Å². The number of nitrogens with zero attached hydrogens (tertiary/aromatic N) is 1. The van der Waals surface area contributed by atoms with Gasteiger partial charge in [-0.25, -0.2) is 4.79 Å². The number of rotatable bonds is 4. The molecule has 0 aliphatic carbocycles. The topological polar surface area (TPSA) is 48.0 Å². The molecule has 5 heteroatoms. The van der Waals surface area contributed by atoms with Crippen molar-refractivity contribution < 1.29 is 19.0 Å². The van der Waals surface area contributed by atoms with Gasteiger partial charge < -0.3 is 14.2 Å². The molecule has 1 heterocycles. The summed E-state index contributed by atoms with van der Waals surface area (Å²) in [5.74, 6) is 0.847. The van der Waals surface area contributed by atoms with Crippen molar-refractivity contribution in [3.63, 3.8) is 0 Å². The third-order valence-electron chi connectivity index (χ3n) is 4.09. The van der Waals surface area contributed by atoms with Gasteiger partial charge in [-0.2, -0.15) is 0 Å². The minimum absolute atomic E-state index is 0.0111. The van der Waals surface area contributed by atoms with E-state index in [-0.39, 0.29) is 12.1 Å². The second-order valence-electron chi connectivity index (χ2n) is 7.65. The second-order valence-corrected chi connectivity index (χ2v) is 7.65. The van der Waals surface area contributed by atoms with E-state index in [4.69, 9.17) is 14.2 Å². The van der Waals surface area contributed by atoms with E-state index in [9.17, 15) is 4.79 Å². The Morgan fingerprint density at radius 3 is 2.46 bits per heavy atom. The zero-order chi connectivity index (χ0) is 18.0. The van der Waals surface area contributed by atoms with E-state index in [0.717, 1.165) is 18.6 Å². The van der Waals surface area contributed by atoms with Crippen molar-refractivity contribution in [3.8, 4) is 5.75 Å². The normalized spacial score (nSPS) is 20.1. The Kier molecular flexibility index (Phi) is 5.43. The maximum Gasteiger partial charge on any atom is 0.412 e. The van der Waals surface area contributed by atoms with Gasteiger partial charge in [-0.1, -0.05) is 12.1 Å². The van der Waals surface area contributed by atoms with Crippen LogP contribution in [0.3, 0.4) is 0 Å². The molecule has 0 saturated carbocycles. The lowest BCUT2D eigenvalue weighted by Crippen LogP contribution is -2.49. The molecule has 1 fully saturated rings. The zero-order valence-corrected chi connectivity index (χ0v) is 15.6. The smallest absolute Gasteiger partial charge is 0.412 e. The van der Waals surface area contributed by atoms with Crippen molar-refractivity contribution in [2.45, 2.75) is 64.8 Å². The summed E-state index contributed by atoms with van der Waals surface area (Å²) in [6.45, 7) is 9.97. The number of carbonyl (C=O) groups is 1. The number of amides is 1. The number of aryl methyl sites for hydroxylation is 1. The van der Waals surface area contributed by atoms with Gasteiger partial charge >= 0.3 is 6.09 Å². The predicted octanol–water partition coefficient (Wildman–Crippen LogP) is 4.00. The number of benzene rings is 1. The van der Waals surface area contributed by atoms with E-state index >= 15 is 0 Å². The van der Waals surface area contributed by atoms with Crippen LogP contribution >= 0.6 is 0 Å². The summed E-state index contributed by atoms with van der Waals surface area (Å²) in [6, 6.07) is 8.03. The lowest BCUT2D eigenvalue weighted by molar-refractivity contribution is -0.0626. The maximum absolute atomic E-state index is 12.6. The molecule has 1 aliphatic heterocycles. The second kappa shape index (κ2) is 7.01. The third-order valence-corrected chi connectivity index (χ3v) is 4.09. The molecule has 5 nitrogen and oxygen atoms in total. The van der Waals surface area contributed by atoms with E-state index in [1.54, 1.807) is 12.0 Å².